The predicted octanol–water partition coefficient (Wildman–Crippen LogP) is 2.99. The standard InChI is InChI=1S/C9H19N2.Sc/c1-4-7-10-9(6-3)11-8-5-2;/h4-8H2,1-3H3;/q-1;. The van der Waals surface area contributed by atoms with Crippen molar-refractivity contribution < 1.29 is 25.8 Å². The minimum atomic E-state index is 0. The summed E-state index contributed by atoms with van der Waals surface area (Å²) in [5, 5.41) is 4.35. The van der Waals surface area contributed by atoms with Crippen LogP contribution in [0.1, 0.15) is 40.0 Å². The van der Waals surface area contributed by atoms with Crippen LogP contribution in [-0.2, 0) is 25.8 Å². The third kappa shape index (κ3) is 8.44. The van der Waals surface area contributed by atoms with E-state index in [1.165, 1.54) is 0 Å². The fraction of sp³-hybridized carbons (Fsp3) is 0.889. The van der Waals surface area contributed by atoms with Gasteiger partial charge in [-0.3, -0.25) is 0 Å². The third-order valence-corrected chi connectivity index (χ3v) is 1.35. The molecule has 0 aliphatic rings. The Labute approximate surface area is 95.0 Å². The van der Waals surface area contributed by atoms with Gasteiger partial charge in [0.05, 0.1) is 0 Å². The topological polar surface area (TPSA) is 26.5 Å². The molecule has 69 valence electrons. The Morgan fingerprint density at radius 3 is 2.25 bits per heavy atom. The summed E-state index contributed by atoms with van der Waals surface area (Å²) in [5.41, 5.74) is 0. The Kier molecular flexibility index (Phi) is 14.0. The van der Waals surface area contributed by atoms with Crippen LogP contribution in [0.5, 0.6) is 0 Å². The van der Waals surface area contributed by atoms with Crippen LogP contribution in [0.4, 0.5) is 0 Å². The molecule has 0 bridgehead atoms. The summed E-state index contributed by atoms with van der Waals surface area (Å²) in [6.07, 6.45) is 3.20. The Morgan fingerprint density at radius 2 is 1.83 bits per heavy atom. The van der Waals surface area contributed by atoms with Crippen molar-refractivity contribution in [2.24, 2.45) is 4.99 Å². The molecule has 3 heteroatoms. The fourth-order valence-corrected chi connectivity index (χ4v) is 0.755. The molecule has 0 heterocycles. The van der Waals surface area contributed by atoms with Crippen LogP contribution >= 0.6 is 0 Å². The summed E-state index contributed by atoms with van der Waals surface area (Å²) >= 11 is 0. The first kappa shape index (κ1) is 14.8. The molecule has 0 rings (SSSR count). The number of nitrogens with zero attached hydrogens (tertiary/aromatic N) is 2. The normalized spacial score (nSPS) is 10.8. The quantitative estimate of drug-likeness (QED) is 0.482. The molecule has 0 aromatic rings. The van der Waals surface area contributed by atoms with Gasteiger partial charge in [-0.1, -0.05) is 52.5 Å². The van der Waals surface area contributed by atoms with Gasteiger partial charge in [0.2, 0.25) is 0 Å². The molecule has 0 atom stereocenters. The van der Waals surface area contributed by atoms with Crippen molar-refractivity contribution in [1.82, 2.24) is 0 Å². The zero-order valence-corrected chi connectivity index (χ0v) is 10.3. The van der Waals surface area contributed by atoms with Gasteiger partial charge in [-0.25, -0.2) is 0 Å². The molecule has 0 aliphatic heterocycles. The van der Waals surface area contributed by atoms with Crippen LogP contribution in [0.2, 0.25) is 0 Å². The molecule has 1 radical (unpaired) electrons. The molecule has 0 aliphatic carbocycles. The molecular weight excluding hydrogens is 181 g/mol. The van der Waals surface area contributed by atoms with Crippen LogP contribution in [0.15, 0.2) is 4.99 Å². The largest absolute Gasteiger partial charge is 0.469 e. The van der Waals surface area contributed by atoms with Crippen LogP contribution in [0.3, 0.4) is 0 Å². The number of amidine groups is 1. The van der Waals surface area contributed by atoms with Crippen molar-refractivity contribution in [3.8, 4) is 0 Å². The van der Waals surface area contributed by atoms with Gasteiger partial charge in [-0.15, -0.1) is 0 Å². The van der Waals surface area contributed by atoms with Crippen LogP contribution in [-0.4, -0.2) is 18.9 Å². The van der Waals surface area contributed by atoms with Gasteiger partial charge < -0.3 is 10.3 Å². The molecule has 0 aromatic carbocycles. The monoisotopic (exact) mass is 200 g/mol. The number of aliphatic imine (C=N–C) groups is 1. The van der Waals surface area contributed by atoms with Gasteiger partial charge in [0.15, 0.2) is 0 Å². The molecule has 0 N–H and O–H groups in total. The first-order valence-electron chi connectivity index (χ1n) is 4.55. The molecule has 0 unspecified atom stereocenters. The van der Waals surface area contributed by atoms with E-state index in [-0.39, 0.29) is 25.8 Å². The summed E-state index contributed by atoms with van der Waals surface area (Å²) in [6, 6.07) is 0. The smallest absolute Gasteiger partial charge is 0 e. The SMILES string of the molecule is CCCN=C(CC)[N-]CCC.[Sc]. The molecule has 0 spiro atoms. The predicted molar refractivity (Wildman–Crippen MR) is 51.4 cm³/mol. The summed E-state index contributed by atoms with van der Waals surface area (Å²) in [6.45, 7) is 8.23. The van der Waals surface area contributed by atoms with Crippen molar-refractivity contribution in [2.75, 3.05) is 13.1 Å². The van der Waals surface area contributed by atoms with Crippen molar-refractivity contribution >= 4 is 5.84 Å². The van der Waals surface area contributed by atoms with E-state index in [0.29, 0.717) is 0 Å². The maximum absolute atomic E-state index is 4.35. The maximum Gasteiger partial charge on any atom is 0 e. The Balaban J connectivity index is 0. The Bertz CT molecular complexity index is 113. The second-order valence-electron chi connectivity index (χ2n) is 2.53. The second kappa shape index (κ2) is 11.3. The van der Waals surface area contributed by atoms with Gasteiger partial charge in [-0.05, 0) is 6.42 Å². The van der Waals surface area contributed by atoms with Crippen molar-refractivity contribution in [3.05, 3.63) is 5.32 Å². The van der Waals surface area contributed by atoms with E-state index in [4.69, 9.17) is 0 Å². The summed E-state index contributed by atoms with van der Waals surface area (Å²) in [7, 11) is 0. The van der Waals surface area contributed by atoms with E-state index in [9.17, 15) is 0 Å². The van der Waals surface area contributed by atoms with Crippen LogP contribution in [0, 0.1) is 0 Å². The summed E-state index contributed by atoms with van der Waals surface area (Å²) in [5.74, 6) is 1.04. The Hall–Kier alpha value is 0.340. The number of hydrogen-bond acceptors (Lipinski definition) is 1. The van der Waals surface area contributed by atoms with Gasteiger partial charge in [0, 0.05) is 25.8 Å². The molecule has 0 saturated heterocycles. The van der Waals surface area contributed by atoms with Gasteiger partial charge in [0.1, 0.15) is 0 Å². The van der Waals surface area contributed by atoms with E-state index < -0.39 is 0 Å². The second-order valence-corrected chi connectivity index (χ2v) is 2.53. The van der Waals surface area contributed by atoms with Crippen LogP contribution in [0.25, 0.3) is 5.32 Å². The van der Waals surface area contributed by atoms with Gasteiger partial charge in [-0.2, -0.15) is 0 Å². The summed E-state index contributed by atoms with van der Waals surface area (Å²) in [4.78, 5) is 4.35. The fourth-order valence-electron chi connectivity index (χ4n) is 0.755. The first-order valence-corrected chi connectivity index (χ1v) is 4.55. The maximum atomic E-state index is 4.35. The van der Waals surface area contributed by atoms with E-state index in [0.717, 1.165) is 38.2 Å². The van der Waals surface area contributed by atoms with Crippen molar-refractivity contribution in [3.63, 3.8) is 0 Å². The third-order valence-electron chi connectivity index (χ3n) is 1.35. The minimum Gasteiger partial charge on any atom is -0.469 e. The minimum absolute atomic E-state index is 0. The molecule has 2 nitrogen and oxygen atoms in total. The average molecular weight is 200 g/mol. The molecule has 12 heavy (non-hydrogen) atoms. The van der Waals surface area contributed by atoms with Crippen molar-refractivity contribution in [2.45, 2.75) is 40.0 Å². The zero-order valence-electron chi connectivity index (χ0n) is 8.51. The average Bonchev–Trinajstić information content (AvgIpc) is 2.05. The van der Waals surface area contributed by atoms with Crippen molar-refractivity contribution in [1.29, 1.82) is 0 Å². The van der Waals surface area contributed by atoms with E-state index in [1.54, 1.807) is 0 Å². The zero-order chi connectivity index (χ0) is 8.53. The number of hydrogen-bond donors (Lipinski definition) is 0. The summed E-state index contributed by atoms with van der Waals surface area (Å²) < 4.78 is 0. The molecule has 0 amide bonds. The molecular formula is C9H19N2Sc-. The van der Waals surface area contributed by atoms with E-state index in [1.807, 2.05) is 0 Å². The first-order chi connectivity index (χ1) is 5.35. The van der Waals surface area contributed by atoms with Gasteiger partial charge >= 0.3 is 0 Å². The molecule has 0 fully saturated rings. The number of rotatable bonds is 5. The molecule has 0 aromatic heterocycles. The Morgan fingerprint density at radius 1 is 1.17 bits per heavy atom. The van der Waals surface area contributed by atoms with E-state index >= 15 is 0 Å². The molecule has 0 saturated carbocycles. The van der Waals surface area contributed by atoms with Gasteiger partial charge in [0.25, 0.3) is 0 Å². The van der Waals surface area contributed by atoms with Crippen LogP contribution < -0.4 is 0 Å². The van der Waals surface area contributed by atoms with E-state index in [2.05, 4.69) is 31.1 Å².